The number of esters is 2. The van der Waals surface area contributed by atoms with E-state index in [2.05, 4.69) is 0 Å². The first-order valence-electron chi connectivity index (χ1n) is 6.25. The fourth-order valence-electron chi connectivity index (χ4n) is 2.07. The van der Waals surface area contributed by atoms with Crippen LogP contribution in [0.15, 0.2) is 0 Å². The molecule has 0 aromatic heterocycles. The molecule has 1 rings (SSSR count). The average Bonchev–Trinajstić information content (AvgIpc) is 2.75. The highest BCUT2D eigenvalue weighted by atomic mass is 16.5. The van der Waals surface area contributed by atoms with Gasteiger partial charge in [-0.25, -0.2) is 0 Å². The Morgan fingerprint density at radius 2 is 1.94 bits per heavy atom. The Bertz CT molecular complexity index is 267. The Balaban J connectivity index is 2.36. The number of hydrogen-bond acceptors (Lipinski definition) is 5. The molecular formula is C12H21NO4. The maximum atomic E-state index is 11.6. The molecule has 0 aliphatic carbocycles. The summed E-state index contributed by atoms with van der Waals surface area (Å²) in [6.45, 7) is 5.82. The van der Waals surface area contributed by atoms with Crippen LogP contribution in [-0.2, 0) is 19.1 Å². The van der Waals surface area contributed by atoms with Crippen LogP contribution in [0, 0.1) is 0 Å². The van der Waals surface area contributed by atoms with Gasteiger partial charge >= 0.3 is 11.9 Å². The van der Waals surface area contributed by atoms with Gasteiger partial charge in [0.1, 0.15) is 6.04 Å². The van der Waals surface area contributed by atoms with Gasteiger partial charge < -0.3 is 9.47 Å². The van der Waals surface area contributed by atoms with Crippen molar-refractivity contribution in [2.75, 3.05) is 26.3 Å². The Morgan fingerprint density at radius 3 is 2.59 bits per heavy atom. The minimum Gasteiger partial charge on any atom is -0.466 e. The molecule has 0 unspecified atom stereocenters. The number of ether oxygens (including phenoxy) is 2. The molecule has 0 N–H and O–H groups in total. The van der Waals surface area contributed by atoms with E-state index in [1.54, 1.807) is 13.8 Å². The lowest BCUT2D eigenvalue weighted by molar-refractivity contribution is -0.150. The van der Waals surface area contributed by atoms with Gasteiger partial charge in [0.15, 0.2) is 0 Å². The van der Waals surface area contributed by atoms with E-state index in [0.717, 1.165) is 19.4 Å². The molecule has 1 heterocycles. The Labute approximate surface area is 102 Å². The van der Waals surface area contributed by atoms with E-state index in [1.165, 1.54) is 0 Å². The fraction of sp³-hybridized carbons (Fsp3) is 0.833. The number of nitrogens with zero attached hydrogens (tertiary/aromatic N) is 1. The molecule has 0 bridgehead atoms. The molecule has 1 fully saturated rings. The highest BCUT2D eigenvalue weighted by Crippen LogP contribution is 2.18. The molecule has 1 saturated heterocycles. The van der Waals surface area contributed by atoms with Crippen molar-refractivity contribution in [1.29, 1.82) is 0 Å². The van der Waals surface area contributed by atoms with Crippen molar-refractivity contribution < 1.29 is 19.1 Å². The summed E-state index contributed by atoms with van der Waals surface area (Å²) in [5, 5.41) is 0. The van der Waals surface area contributed by atoms with Crippen LogP contribution in [0.25, 0.3) is 0 Å². The van der Waals surface area contributed by atoms with Crippen molar-refractivity contribution >= 4 is 11.9 Å². The molecule has 1 atom stereocenters. The highest BCUT2D eigenvalue weighted by molar-refractivity contribution is 5.76. The SMILES string of the molecule is CCOC(=O)CCN1CCC[C@H]1C(=O)OCC. The van der Waals surface area contributed by atoms with Gasteiger partial charge in [0.2, 0.25) is 0 Å². The van der Waals surface area contributed by atoms with Gasteiger partial charge in [-0.05, 0) is 33.2 Å². The molecule has 1 aliphatic rings. The van der Waals surface area contributed by atoms with E-state index in [0.29, 0.717) is 26.2 Å². The van der Waals surface area contributed by atoms with Crippen LogP contribution >= 0.6 is 0 Å². The smallest absolute Gasteiger partial charge is 0.323 e. The second-order valence-corrected chi connectivity index (χ2v) is 4.00. The largest absolute Gasteiger partial charge is 0.466 e. The number of carbonyl (C=O) groups excluding carboxylic acids is 2. The molecule has 0 amide bonds. The molecule has 0 radical (unpaired) electrons. The minimum absolute atomic E-state index is 0.172. The van der Waals surface area contributed by atoms with Crippen molar-refractivity contribution in [3.05, 3.63) is 0 Å². The van der Waals surface area contributed by atoms with Gasteiger partial charge in [-0.3, -0.25) is 14.5 Å². The summed E-state index contributed by atoms with van der Waals surface area (Å²) in [5.74, 6) is -0.379. The van der Waals surface area contributed by atoms with Gasteiger partial charge in [0, 0.05) is 6.54 Å². The monoisotopic (exact) mass is 243 g/mol. The lowest BCUT2D eigenvalue weighted by atomic mass is 10.2. The zero-order valence-corrected chi connectivity index (χ0v) is 10.6. The van der Waals surface area contributed by atoms with Crippen molar-refractivity contribution in [1.82, 2.24) is 4.90 Å². The van der Waals surface area contributed by atoms with Crippen LogP contribution in [0.3, 0.4) is 0 Å². The van der Waals surface area contributed by atoms with Crippen molar-refractivity contribution in [3.63, 3.8) is 0 Å². The normalized spacial score (nSPS) is 20.2. The lowest BCUT2D eigenvalue weighted by Gasteiger charge is -2.22. The first kappa shape index (κ1) is 14.0. The first-order valence-corrected chi connectivity index (χ1v) is 6.25. The van der Waals surface area contributed by atoms with Gasteiger partial charge in [-0.2, -0.15) is 0 Å². The van der Waals surface area contributed by atoms with Gasteiger partial charge in [-0.15, -0.1) is 0 Å². The van der Waals surface area contributed by atoms with E-state index in [4.69, 9.17) is 9.47 Å². The predicted molar refractivity (Wildman–Crippen MR) is 62.5 cm³/mol. The Kier molecular flexibility index (Phi) is 5.97. The molecule has 0 saturated carbocycles. The molecule has 0 aromatic carbocycles. The van der Waals surface area contributed by atoms with E-state index in [-0.39, 0.29) is 18.0 Å². The third kappa shape index (κ3) is 4.34. The van der Waals surface area contributed by atoms with Crippen LogP contribution in [0.1, 0.15) is 33.1 Å². The summed E-state index contributed by atoms with van der Waals surface area (Å²) in [5.41, 5.74) is 0. The average molecular weight is 243 g/mol. The second kappa shape index (κ2) is 7.27. The Hall–Kier alpha value is -1.10. The van der Waals surface area contributed by atoms with Crippen molar-refractivity contribution in [2.45, 2.75) is 39.2 Å². The summed E-state index contributed by atoms with van der Waals surface area (Å²) in [6, 6.07) is -0.177. The van der Waals surface area contributed by atoms with Gasteiger partial charge in [0.25, 0.3) is 0 Å². The summed E-state index contributed by atoms with van der Waals surface area (Å²) in [6.07, 6.45) is 2.14. The van der Waals surface area contributed by atoms with Crippen LogP contribution in [-0.4, -0.2) is 49.2 Å². The molecule has 1 aliphatic heterocycles. The second-order valence-electron chi connectivity index (χ2n) is 4.00. The summed E-state index contributed by atoms with van der Waals surface area (Å²) in [4.78, 5) is 24.9. The minimum atomic E-state index is -0.206. The zero-order chi connectivity index (χ0) is 12.7. The van der Waals surface area contributed by atoms with E-state index in [1.807, 2.05) is 4.90 Å². The van der Waals surface area contributed by atoms with Crippen LogP contribution in [0.5, 0.6) is 0 Å². The summed E-state index contributed by atoms with van der Waals surface area (Å²) in [7, 11) is 0. The highest BCUT2D eigenvalue weighted by Gasteiger charge is 2.31. The summed E-state index contributed by atoms with van der Waals surface area (Å²) < 4.78 is 9.88. The van der Waals surface area contributed by atoms with Gasteiger partial charge in [-0.1, -0.05) is 0 Å². The van der Waals surface area contributed by atoms with Crippen molar-refractivity contribution in [3.8, 4) is 0 Å². The topological polar surface area (TPSA) is 55.8 Å². The standard InChI is InChI=1S/C12H21NO4/c1-3-16-11(14)7-9-13-8-5-6-10(13)12(15)17-4-2/h10H,3-9H2,1-2H3/t10-/m0/s1. The van der Waals surface area contributed by atoms with Crippen LogP contribution in [0.2, 0.25) is 0 Å². The predicted octanol–water partition coefficient (Wildman–Crippen LogP) is 0.967. The third-order valence-corrected chi connectivity index (χ3v) is 2.83. The van der Waals surface area contributed by atoms with Crippen LogP contribution < -0.4 is 0 Å². The number of rotatable bonds is 6. The van der Waals surface area contributed by atoms with Crippen molar-refractivity contribution in [2.24, 2.45) is 0 Å². The molecular weight excluding hydrogens is 222 g/mol. The van der Waals surface area contributed by atoms with E-state index in [9.17, 15) is 9.59 Å². The molecule has 17 heavy (non-hydrogen) atoms. The molecule has 0 spiro atoms. The van der Waals surface area contributed by atoms with E-state index >= 15 is 0 Å². The maximum Gasteiger partial charge on any atom is 0.323 e. The number of hydrogen-bond donors (Lipinski definition) is 0. The number of likely N-dealkylation sites (tertiary alicyclic amines) is 1. The summed E-state index contributed by atoms with van der Waals surface area (Å²) >= 11 is 0. The fourth-order valence-corrected chi connectivity index (χ4v) is 2.07. The lowest BCUT2D eigenvalue weighted by Crippen LogP contribution is -2.38. The van der Waals surface area contributed by atoms with Crippen LogP contribution in [0.4, 0.5) is 0 Å². The molecule has 5 heteroatoms. The third-order valence-electron chi connectivity index (χ3n) is 2.83. The maximum absolute atomic E-state index is 11.6. The molecule has 98 valence electrons. The van der Waals surface area contributed by atoms with Gasteiger partial charge in [0.05, 0.1) is 19.6 Å². The zero-order valence-electron chi connectivity index (χ0n) is 10.6. The first-order chi connectivity index (χ1) is 8.19. The molecule has 5 nitrogen and oxygen atoms in total. The molecule has 0 aromatic rings. The Morgan fingerprint density at radius 1 is 1.24 bits per heavy atom. The quantitative estimate of drug-likeness (QED) is 0.651. The number of carbonyl (C=O) groups is 2. The van der Waals surface area contributed by atoms with E-state index < -0.39 is 0 Å².